The molecule has 0 amide bonds. The molecule has 0 spiro atoms. The van der Waals surface area contributed by atoms with E-state index in [0.29, 0.717) is 0 Å². The standard InChI is InChI=1S/C15H11ClF4O/c1-2-21-11-6-5-10(14(19)15(11)20)9-4-3-8(7-16)12(17)13(9)18/h3-6H,2,7H2,1H3. The molecule has 0 aliphatic carbocycles. The molecule has 0 N–H and O–H groups in total. The fourth-order valence-electron chi connectivity index (χ4n) is 1.91. The number of benzene rings is 2. The molecular weight excluding hydrogens is 308 g/mol. The highest BCUT2D eigenvalue weighted by Crippen LogP contribution is 2.33. The second-order valence-electron chi connectivity index (χ2n) is 4.21. The van der Waals surface area contributed by atoms with Crippen LogP contribution in [0.1, 0.15) is 12.5 Å². The number of hydrogen-bond acceptors (Lipinski definition) is 1. The van der Waals surface area contributed by atoms with E-state index in [-0.39, 0.29) is 34.9 Å². The van der Waals surface area contributed by atoms with E-state index in [9.17, 15) is 17.6 Å². The van der Waals surface area contributed by atoms with E-state index in [0.717, 1.165) is 12.1 Å². The quantitative estimate of drug-likeness (QED) is 0.566. The van der Waals surface area contributed by atoms with Gasteiger partial charge in [0.2, 0.25) is 5.82 Å². The molecule has 0 bridgehead atoms. The SMILES string of the molecule is CCOc1ccc(-c2ccc(CCl)c(F)c2F)c(F)c1F. The first kappa shape index (κ1) is 15.6. The van der Waals surface area contributed by atoms with Gasteiger partial charge in [-0.3, -0.25) is 0 Å². The monoisotopic (exact) mass is 318 g/mol. The Kier molecular flexibility index (Phi) is 4.73. The molecule has 0 aliphatic heterocycles. The fraction of sp³-hybridized carbons (Fsp3) is 0.200. The average Bonchev–Trinajstić information content (AvgIpc) is 2.48. The highest BCUT2D eigenvalue weighted by molar-refractivity contribution is 6.17. The lowest BCUT2D eigenvalue weighted by atomic mass is 10.0. The van der Waals surface area contributed by atoms with Gasteiger partial charge in [0.15, 0.2) is 23.2 Å². The van der Waals surface area contributed by atoms with Crippen molar-refractivity contribution < 1.29 is 22.3 Å². The smallest absolute Gasteiger partial charge is 0.201 e. The molecule has 6 heteroatoms. The first-order valence-electron chi connectivity index (χ1n) is 6.15. The minimum Gasteiger partial charge on any atom is -0.491 e. The van der Waals surface area contributed by atoms with Crippen LogP contribution >= 0.6 is 11.6 Å². The Morgan fingerprint density at radius 1 is 0.857 bits per heavy atom. The van der Waals surface area contributed by atoms with Gasteiger partial charge in [-0.05, 0) is 19.1 Å². The maximum Gasteiger partial charge on any atom is 0.201 e. The fourth-order valence-corrected chi connectivity index (χ4v) is 2.11. The number of alkyl halides is 1. The lowest BCUT2D eigenvalue weighted by molar-refractivity contribution is 0.314. The van der Waals surface area contributed by atoms with Crippen molar-refractivity contribution in [2.75, 3.05) is 6.61 Å². The minimum atomic E-state index is -1.29. The zero-order valence-electron chi connectivity index (χ0n) is 11.0. The molecule has 112 valence electrons. The van der Waals surface area contributed by atoms with Crippen LogP contribution in [0, 0.1) is 23.3 Å². The first-order chi connectivity index (χ1) is 10.0. The van der Waals surface area contributed by atoms with Gasteiger partial charge in [-0.15, -0.1) is 11.6 Å². The molecule has 0 aromatic heterocycles. The van der Waals surface area contributed by atoms with Gasteiger partial charge in [0.05, 0.1) is 12.5 Å². The molecule has 0 heterocycles. The molecule has 0 saturated heterocycles. The molecule has 21 heavy (non-hydrogen) atoms. The molecule has 0 atom stereocenters. The summed E-state index contributed by atoms with van der Waals surface area (Å²) in [6, 6.07) is 4.70. The van der Waals surface area contributed by atoms with Crippen LogP contribution in [0.5, 0.6) is 5.75 Å². The van der Waals surface area contributed by atoms with Crippen molar-refractivity contribution in [2.45, 2.75) is 12.8 Å². The Bertz CT molecular complexity index is 673. The van der Waals surface area contributed by atoms with Crippen molar-refractivity contribution >= 4 is 11.6 Å². The van der Waals surface area contributed by atoms with E-state index >= 15 is 0 Å². The van der Waals surface area contributed by atoms with Crippen molar-refractivity contribution in [3.63, 3.8) is 0 Å². The number of halogens is 5. The Hall–Kier alpha value is -1.75. The van der Waals surface area contributed by atoms with E-state index in [1.807, 2.05) is 0 Å². The molecule has 2 aromatic rings. The normalized spacial score (nSPS) is 10.8. The zero-order valence-corrected chi connectivity index (χ0v) is 11.8. The summed E-state index contributed by atoms with van der Waals surface area (Å²) in [5.41, 5.74) is -0.806. The summed E-state index contributed by atoms with van der Waals surface area (Å²) in [7, 11) is 0. The molecule has 1 nitrogen and oxygen atoms in total. The summed E-state index contributed by atoms with van der Waals surface area (Å²) in [6.45, 7) is 1.77. The summed E-state index contributed by atoms with van der Waals surface area (Å²) in [5.74, 6) is -5.47. The van der Waals surface area contributed by atoms with Crippen molar-refractivity contribution in [1.82, 2.24) is 0 Å². The van der Waals surface area contributed by atoms with Crippen molar-refractivity contribution in [3.8, 4) is 16.9 Å². The van der Waals surface area contributed by atoms with Crippen LogP contribution in [0.15, 0.2) is 24.3 Å². The van der Waals surface area contributed by atoms with E-state index in [4.69, 9.17) is 16.3 Å². The second-order valence-corrected chi connectivity index (χ2v) is 4.47. The van der Waals surface area contributed by atoms with Gasteiger partial charge in [-0.2, -0.15) is 4.39 Å². The van der Waals surface area contributed by atoms with Crippen LogP contribution in [-0.4, -0.2) is 6.61 Å². The summed E-state index contributed by atoms with van der Waals surface area (Å²) >= 11 is 5.46. The van der Waals surface area contributed by atoms with Crippen LogP contribution in [0.4, 0.5) is 17.6 Å². The molecule has 0 unspecified atom stereocenters. The second kappa shape index (κ2) is 6.35. The summed E-state index contributed by atoms with van der Waals surface area (Å²) in [6.07, 6.45) is 0. The predicted molar refractivity (Wildman–Crippen MR) is 72.4 cm³/mol. The first-order valence-corrected chi connectivity index (χ1v) is 6.68. The maximum absolute atomic E-state index is 14.0. The highest BCUT2D eigenvalue weighted by Gasteiger charge is 2.20. The van der Waals surface area contributed by atoms with Gasteiger partial charge < -0.3 is 4.74 Å². The summed E-state index contributed by atoms with van der Waals surface area (Å²) in [4.78, 5) is 0. The zero-order chi connectivity index (χ0) is 15.6. The Labute approximate surface area is 124 Å². The summed E-state index contributed by atoms with van der Waals surface area (Å²) in [5, 5.41) is 0. The molecule has 2 rings (SSSR count). The Balaban J connectivity index is 2.58. The average molecular weight is 319 g/mol. The maximum atomic E-state index is 14.0. The van der Waals surface area contributed by atoms with Crippen LogP contribution in [0.3, 0.4) is 0 Å². The molecule has 0 saturated carbocycles. The van der Waals surface area contributed by atoms with Gasteiger partial charge >= 0.3 is 0 Å². The molecule has 0 radical (unpaired) electrons. The van der Waals surface area contributed by atoms with E-state index < -0.39 is 23.3 Å². The van der Waals surface area contributed by atoms with Crippen LogP contribution in [0.25, 0.3) is 11.1 Å². The highest BCUT2D eigenvalue weighted by atomic mass is 35.5. The van der Waals surface area contributed by atoms with Gasteiger partial charge in [0.25, 0.3) is 0 Å². The van der Waals surface area contributed by atoms with Gasteiger partial charge in [0, 0.05) is 16.7 Å². The lowest BCUT2D eigenvalue weighted by Gasteiger charge is -2.11. The van der Waals surface area contributed by atoms with E-state index in [2.05, 4.69) is 0 Å². The number of rotatable bonds is 4. The van der Waals surface area contributed by atoms with Gasteiger partial charge in [-0.25, -0.2) is 13.2 Å². The van der Waals surface area contributed by atoms with Crippen molar-refractivity contribution in [1.29, 1.82) is 0 Å². The lowest BCUT2D eigenvalue weighted by Crippen LogP contribution is -2.01. The Morgan fingerprint density at radius 3 is 2.00 bits per heavy atom. The Morgan fingerprint density at radius 2 is 1.43 bits per heavy atom. The van der Waals surface area contributed by atoms with Gasteiger partial charge in [-0.1, -0.05) is 12.1 Å². The third-order valence-electron chi connectivity index (χ3n) is 2.94. The van der Waals surface area contributed by atoms with Crippen molar-refractivity contribution in [3.05, 3.63) is 53.1 Å². The molecule has 0 aliphatic rings. The molecular formula is C15H11ClF4O. The van der Waals surface area contributed by atoms with Crippen LogP contribution in [-0.2, 0) is 5.88 Å². The molecule has 2 aromatic carbocycles. The third kappa shape index (κ3) is 2.83. The number of ether oxygens (including phenoxy) is 1. The van der Waals surface area contributed by atoms with Crippen molar-refractivity contribution in [2.24, 2.45) is 0 Å². The van der Waals surface area contributed by atoms with Crippen LogP contribution in [0.2, 0.25) is 0 Å². The molecule has 0 fully saturated rings. The third-order valence-corrected chi connectivity index (χ3v) is 3.23. The predicted octanol–water partition coefficient (Wildman–Crippen LogP) is 5.05. The van der Waals surface area contributed by atoms with E-state index in [1.165, 1.54) is 12.1 Å². The largest absolute Gasteiger partial charge is 0.491 e. The summed E-state index contributed by atoms with van der Waals surface area (Å²) < 4.78 is 60.3. The van der Waals surface area contributed by atoms with E-state index in [1.54, 1.807) is 6.92 Å². The van der Waals surface area contributed by atoms with Gasteiger partial charge in [0.1, 0.15) is 0 Å². The number of hydrogen-bond donors (Lipinski definition) is 0. The topological polar surface area (TPSA) is 9.23 Å². The minimum absolute atomic E-state index is 0.0512. The van der Waals surface area contributed by atoms with Crippen LogP contribution < -0.4 is 4.74 Å².